The number of rotatable bonds is 14. The zero-order valence-electron chi connectivity index (χ0n) is 64.1. The molecule has 4 heterocycles. The van der Waals surface area contributed by atoms with Gasteiger partial charge in [0.15, 0.2) is 0 Å². The second kappa shape index (κ2) is 33.5. The Kier molecular flexibility index (Phi) is 23.7. The van der Waals surface area contributed by atoms with Gasteiger partial charge in [0.1, 0.15) is 17.3 Å². The Bertz CT molecular complexity index is 3790. The number of benzene rings is 6. The van der Waals surface area contributed by atoms with Crippen molar-refractivity contribution in [3.05, 3.63) is 178 Å². The molecule has 0 aromatic heterocycles. The van der Waals surface area contributed by atoms with Gasteiger partial charge in [0, 0.05) is 24.2 Å². The lowest BCUT2D eigenvalue weighted by Gasteiger charge is -2.40. The fraction of sp³-hybridized carbons (Fsp3) is 0.611. The molecule has 4 saturated heterocycles. The standard InChI is InChI=1S/C26H30N2O.C26H33N.C22H33NO.C21H30FN/c1-29-26-9-8-22(20-5-2-18(17-27)3-6-20)16-24(26)21-10-12-28(13-11-21)25-15-19-4-7-23(25)14-19;1-18-7-10-23(19(2)15-18)25-6-4-3-5-24(25)21-11-13-27(14-12-21)26-17-20-8-9-22(26)16-20;1-3-16(2)24-22-7-5-4-6-20(22)18-10-12-23(13-11-18)21-15-17-8-9-19(21)14-17;1-15-2-6-19(22)14-21(15)18-8-10-23(11-9-18)20-7-5-16-3-4-17(12-16)13-20/h2-3,5-6,8-9,16,19,21,23,25H,4,7,10-15H2,1H3;3-7,10,15,20-22,26H,8-9,11-14,16-17H2,1-2H3;4-7,16-19,21H,3,8-15H2,1-2H3;2,6,14,16-18,20H,3-5,7-13H2,1H3/t19-,23-,25-;20-,22-,26-;16?,17-,19-,21-;16-,17+,20?/m0001/s1. The molecule has 8 saturated carbocycles. The lowest BCUT2D eigenvalue weighted by Crippen LogP contribution is -2.43. The number of nitriles is 1. The van der Waals surface area contributed by atoms with E-state index in [1.165, 1.54) is 269 Å². The van der Waals surface area contributed by atoms with E-state index >= 15 is 0 Å². The Morgan fingerprint density at radius 1 is 0.417 bits per heavy atom. The molecule has 0 N–H and O–H groups in total. The fourth-order valence-corrected chi connectivity index (χ4v) is 23.6. The van der Waals surface area contributed by atoms with Crippen LogP contribution < -0.4 is 9.47 Å². The third kappa shape index (κ3) is 17.0. The van der Waals surface area contributed by atoms with E-state index < -0.39 is 0 Å². The first-order valence-corrected chi connectivity index (χ1v) is 42.2. The molecule has 103 heavy (non-hydrogen) atoms. The zero-order chi connectivity index (χ0) is 70.5. The summed E-state index contributed by atoms with van der Waals surface area (Å²) in [4.78, 5) is 11.3. The maximum absolute atomic E-state index is 13.6. The summed E-state index contributed by atoms with van der Waals surface area (Å²) in [7, 11) is 1.78. The lowest BCUT2D eigenvalue weighted by atomic mass is 9.82. The highest BCUT2D eigenvalue weighted by molar-refractivity contribution is 5.72. The van der Waals surface area contributed by atoms with Crippen molar-refractivity contribution in [2.75, 3.05) is 59.5 Å². The number of hydrogen-bond donors (Lipinski definition) is 0. The summed E-state index contributed by atoms with van der Waals surface area (Å²) in [6.07, 6.45) is 38.3. The largest absolute Gasteiger partial charge is 0.496 e. The van der Waals surface area contributed by atoms with Crippen LogP contribution in [0.2, 0.25) is 0 Å². The van der Waals surface area contributed by atoms with E-state index in [-0.39, 0.29) is 5.82 Å². The Labute approximate surface area is 621 Å². The average Bonchev–Trinajstić information content (AvgIpc) is 1.77. The Hall–Kier alpha value is -5.82. The summed E-state index contributed by atoms with van der Waals surface area (Å²) in [6, 6.07) is 50.4. The van der Waals surface area contributed by atoms with Crippen LogP contribution in [0.3, 0.4) is 0 Å². The number of fused-ring (bicyclic) bond motifs is 8. The lowest BCUT2D eigenvalue weighted by molar-refractivity contribution is 0.109. The second-order valence-corrected chi connectivity index (χ2v) is 35.4. The first-order valence-electron chi connectivity index (χ1n) is 42.2. The van der Waals surface area contributed by atoms with Crippen LogP contribution in [0, 0.1) is 85.3 Å². The number of likely N-dealkylation sites (tertiary alicyclic amines) is 4. The predicted molar refractivity (Wildman–Crippen MR) is 423 cm³/mol. The molecule has 12 fully saturated rings. The van der Waals surface area contributed by atoms with Gasteiger partial charge in [0.25, 0.3) is 0 Å². The number of methoxy groups -OCH3 is 1. The summed E-state index contributed by atoms with van der Waals surface area (Å²) in [5.74, 6) is 12.8. The van der Waals surface area contributed by atoms with Crippen molar-refractivity contribution in [2.24, 2.45) is 47.3 Å². The number of para-hydroxylation sites is 1. The first-order chi connectivity index (χ1) is 50.4. The van der Waals surface area contributed by atoms with Crippen molar-refractivity contribution in [1.29, 1.82) is 5.26 Å². The molecule has 8 heteroatoms. The summed E-state index contributed by atoms with van der Waals surface area (Å²) in [5.41, 5.74) is 15.6. The van der Waals surface area contributed by atoms with Gasteiger partial charge in [-0.3, -0.25) is 0 Å². The molecule has 13 atom stereocenters. The van der Waals surface area contributed by atoms with Crippen LogP contribution in [0.25, 0.3) is 22.3 Å². The van der Waals surface area contributed by atoms with Gasteiger partial charge in [-0.05, 0) is 390 Å². The average molecular weight is 1390 g/mol. The van der Waals surface area contributed by atoms with E-state index in [1.807, 2.05) is 30.3 Å². The normalized spacial score (nSPS) is 30.0. The van der Waals surface area contributed by atoms with Crippen LogP contribution in [0.15, 0.2) is 127 Å². The zero-order valence-corrected chi connectivity index (χ0v) is 64.1. The molecule has 8 bridgehead atoms. The molecule has 4 aliphatic heterocycles. The van der Waals surface area contributed by atoms with Crippen molar-refractivity contribution in [1.82, 2.24) is 19.6 Å². The number of nitrogens with zero attached hydrogens (tertiary/aromatic N) is 5. The quantitative estimate of drug-likeness (QED) is 0.108. The van der Waals surface area contributed by atoms with Crippen molar-refractivity contribution in [2.45, 2.75) is 262 Å². The highest BCUT2D eigenvalue weighted by atomic mass is 19.1. The molecule has 0 radical (unpaired) electrons. The van der Waals surface area contributed by atoms with Gasteiger partial charge in [-0.25, -0.2) is 4.39 Å². The maximum atomic E-state index is 13.6. The van der Waals surface area contributed by atoms with Crippen molar-refractivity contribution in [3.8, 4) is 39.8 Å². The third-order valence-corrected chi connectivity index (χ3v) is 29.3. The molecule has 0 amide bonds. The van der Waals surface area contributed by atoms with Gasteiger partial charge < -0.3 is 29.1 Å². The Balaban J connectivity index is 0.000000111. The molecular weight excluding hydrogens is 1260 g/mol. The molecule has 6 aromatic carbocycles. The summed E-state index contributed by atoms with van der Waals surface area (Å²) >= 11 is 0. The van der Waals surface area contributed by atoms with Crippen molar-refractivity contribution >= 4 is 0 Å². The van der Waals surface area contributed by atoms with Crippen molar-refractivity contribution in [3.63, 3.8) is 0 Å². The number of piperidine rings is 4. The van der Waals surface area contributed by atoms with Crippen LogP contribution in [-0.4, -0.2) is 109 Å². The van der Waals surface area contributed by atoms with Crippen LogP contribution in [0.4, 0.5) is 4.39 Å². The number of aryl methyl sites for hydroxylation is 3. The summed E-state index contributed by atoms with van der Waals surface area (Å²) in [6.45, 7) is 21.0. The van der Waals surface area contributed by atoms with Crippen LogP contribution >= 0.6 is 0 Å². The minimum absolute atomic E-state index is 0.0761. The summed E-state index contributed by atoms with van der Waals surface area (Å²) < 4.78 is 25.5. The molecule has 18 rings (SSSR count). The highest BCUT2D eigenvalue weighted by Crippen LogP contribution is 2.52. The van der Waals surface area contributed by atoms with Gasteiger partial charge in [0.2, 0.25) is 0 Å². The van der Waals surface area contributed by atoms with Crippen LogP contribution in [0.5, 0.6) is 11.5 Å². The number of hydrogen-bond acceptors (Lipinski definition) is 7. The van der Waals surface area contributed by atoms with E-state index in [9.17, 15) is 4.39 Å². The summed E-state index contributed by atoms with van der Waals surface area (Å²) in [5, 5.41) is 9.05. The van der Waals surface area contributed by atoms with E-state index in [0.29, 0.717) is 29.4 Å². The van der Waals surface area contributed by atoms with Gasteiger partial charge >= 0.3 is 0 Å². The first kappa shape index (κ1) is 72.7. The molecule has 0 spiro atoms. The van der Waals surface area contributed by atoms with Crippen LogP contribution in [0.1, 0.15) is 255 Å². The molecule has 7 nitrogen and oxygen atoms in total. The fourth-order valence-electron chi connectivity index (χ4n) is 23.6. The minimum atomic E-state index is -0.0761. The Morgan fingerprint density at radius 2 is 0.913 bits per heavy atom. The van der Waals surface area contributed by atoms with Gasteiger partial charge in [-0.1, -0.05) is 130 Å². The molecule has 2 unspecified atom stereocenters. The minimum Gasteiger partial charge on any atom is -0.496 e. The topological polar surface area (TPSA) is 55.2 Å². The monoisotopic (exact) mass is 1390 g/mol. The van der Waals surface area contributed by atoms with Crippen molar-refractivity contribution < 1.29 is 13.9 Å². The number of ether oxygens (including phenoxy) is 2. The van der Waals surface area contributed by atoms with Crippen LogP contribution in [-0.2, 0) is 0 Å². The molecule has 550 valence electrons. The van der Waals surface area contributed by atoms with Gasteiger partial charge in [-0.15, -0.1) is 0 Å². The SMILES string of the molecule is CCC(C)Oc1ccccc1C1CCN([C@H]2C[C@H]3CC[C@H]2C3)CC1.COc1ccc(-c2ccc(C#N)cc2)cc1C1CCN([C@H]2C[C@H]3CC[C@H]2C3)CC1.Cc1ccc(-c2ccccc2C2CCN([C@H]3C[C@H]4CC[C@H]3C4)CC2)c(C)c1.Cc1ccc(F)cc1C1CCN(C2CC[C@H]3CC[C@H](C2)C3)CC1. The Morgan fingerprint density at radius 3 is 1.46 bits per heavy atom. The number of halogens is 1. The van der Waals surface area contributed by atoms with E-state index in [4.69, 9.17) is 14.7 Å². The predicted octanol–water partition coefficient (Wildman–Crippen LogP) is 22.5. The third-order valence-electron chi connectivity index (χ3n) is 29.3. The van der Waals surface area contributed by atoms with Gasteiger partial charge in [-0.2, -0.15) is 5.26 Å². The van der Waals surface area contributed by atoms with Gasteiger partial charge in [0.05, 0.1) is 24.8 Å². The van der Waals surface area contributed by atoms with E-state index in [1.54, 1.807) is 24.8 Å². The van der Waals surface area contributed by atoms with E-state index in [2.05, 4.69) is 145 Å². The molecule has 6 aromatic rings. The molecule has 12 aliphatic rings. The second-order valence-electron chi connectivity index (χ2n) is 35.4. The smallest absolute Gasteiger partial charge is 0.123 e. The highest BCUT2D eigenvalue weighted by Gasteiger charge is 2.46. The molecular formula is C95H126FN5O2. The maximum Gasteiger partial charge on any atom is 0.123 e. The van der Waals surface area contributed by atoms with E-state index in [0.717, 1.165) is 101 Å². The molecule has 8 aliphatic carbocycles.